The zero-order chi connectivity index (χ0) is 14.8. The second-order valence-corrected chi connectivity index (χ2v) is 5.61. The van der Waals surface area contributed by atoms with Crippen molar-refractivity contribution in [1.82, 2.24) is 15.3 Å². The van der Waals surface area contributed by atoms with Crippen LogP contribution in [-0.4, -0.2) is 29.1 Å². The average Bonchev–Trinajstić information content (AvgIpc) is 3.08. The number of benzene rings is 2. The van der Waals surface area contributed by atoms with Crippen molar-refractivity contribution >= 4 is 16.9 Å². The van der Waals surface area contributed by atoms with E-state index in [1.807, 2.05) is 36.4 Å². The SMILES string of the molecule is c1ccc(-c2nc(NC3CCNC3)nc3ccccc23)cc1. The highest BCUT2D eigenvalue weighted by Crippen LogP contribution is 2.27. The molecule has 1 aliphatic rings. The van der Waals surface area contributed by atoms with Gasteiger partial charge < -0.3 is 10.6 Å². The van der Waals surface area contributed by atoms with E-state index in [0.29, 0.717) is 12.0 Å². The number of anilines is 1. The Labute approximate surface area is 129 Å². The maximum absolute atomic E-state index is 4.78. The molecule has 4 heteroatoms. The molecule has 0 amide bonds. The van der Waals surface area contributed by atoms with Gasteiger partial charge in [-0.25, -0.2) is 9.97 Å². The number of hydrogen-bond acceptors (Lipinski definition) is 4. The summed E-state index contributed by atoms with van der Waals surface area (Å²) in [5, 5.41) is 7.90. The Bertz CT molecular complexity index is 779. The molecule has 0 bridgehead atoms. The van der Waals surface area contributed by atoms with Gasteiger partial charge in [-0.3, -0.25) is 0 Å². The molecule has 4 nitrogen and oxygen atoms in total. The smallest absolute Gasteiger partial charge is 0.224 e. The first-order valence-corrected chi connectivity index (χ1v) is 7.69. The van der Waals surface area contributed by atoms with Gasteiger partial charge >= 0.3 is 0 Å². The normalized spacial score (nSPS) is 17.7. The Morgan fingerprint density at radius 2 is 1.77 bits per heavy atom. The molecule has 1 fully saturated rings. The number of fused-ring (bicyclic) bond motifs is 1. The van der Waals surface area contributed by atoms with Crippen molar-refractivity contribution in [3.8, 4) is 11.3 Å². The molecule has 0 saturated carbocycles. The molecule has 1 saturated heterocycles. The summed E-state index contributed by atoms with van der Waals surface area (Å²) in [5.41, 5.74) is 3.08. The van der Waals surface area contributed by atoms with E-state index in [-0.39, 0.29) is 0 Å². The van der Waals surface area contributed by atoms with Crippen molar-refractivity contribution in [3.63, 3.8) is 0 Å². The molecular formula is C18H18N4. The van der Waals surface area contributed by atoms with Gasteiger partial charge in [-0.1, -0.05) is 48.5 Å². The van der Waals surface area contributed by atoms with E-state index < -0.39 is 0 Å². The van der Waals surface area contributed by atoms with Crippen LogP contribution in [0.4, 0.5) is 5.95 Å². The van der Waals surface area contributed by atoms with Crippen molar-refractivity contribution in [2.24, 2.45) is 0 Å². The molecule has 2 heterocycles. The highest BCUT2D eigenvalue weighted by atomic mass is 15.1. The molecule has 1 aromatic heterocycles. The average molecular weight is 290 g/mol. The van der Waals surface area contributed by atoms with Gasteiger partial charge in [0.15, 0.2) is 0 Å². The fourth-order valence-corrected chi connectivity index (χ4v) is 2.92. The van der Waals surface area contributed by atoms with Gasteiger partial charge in [0.1, 0.15) is 0 Å². The maximum Gasteiger partial charge on any atom is 0.224 e. The van der Waals surface area contributed by atoms with E-state index in [1.165, 1.54) is 0 Å². The lowest BCUT2D eigenvalue weighted by Gasteiger charge is -2.14. The van der Waals surface area contributed by atoms with Gasteiger partial charge in [0, 0.05) is 23.5 Å². The van der Waals surface area contributed by atoms with Crippen LogP contribution in [0.3, 0.4) is 0 Å². The minimum Gasteiger partial charge on any atom is -0.350 e. The molecule has 22 heavy (non-hydrogen) atoms. The Hall–Kier alpha value is -2.46. The third-order valence-corrected chi connectivity index (χ3v) is 4.04. The van der Waals surface area contributed by atoms with E-state index in [9.17, 15) is 0 Å². The second kappa shape index (κ2) is 5.73. The molecule has 1 unspecified atom stereocenters. The van der Waals surface area contributed by atoms with E-state index in [1.54, 1.807) is 0 Å². The lowest BCUT2D eigenvalue weighted by Crippen LogP contribution is -2.23. The number of nitrogens with one attached hydrogen (secondary N) is 2. The quantitative estimate of drug-likeness (QED) is 0.778. The molecule has 110 valence electrons. The predicted octanol–water partition coefficient (Wildman–Crippen LogP) is 3.07. The Kier molecular flexibility index (Phi) is 3.45. The molecule has 0 aliphatic carbocycles. The zero-order valence-electron chi connectivity index (χ0n) is 12.3. The second-order valence-electron chi connectivity index (χ2n) is 5.61. The third kappa shape index (κ3) is 2.53. The molecule has 2 N–H and O–H groups in total. The standard InChI is InChI=1S/C18H18N4/c1-2-6-13(7-3-1)17-15-8-4-5-9-16(15)21-18(22-17)20-14-10-11-19-12-14/h1-9,14,19H,10-12H2,(H,20,21,22). The minimum absolute atomic E-state index is 0.407. The molecule has 1 aliphatic heterocycles. The van der Waals surface area contributed by atoms with Crippen molar-refractivity contribution < 1.29 is 0 Å². The van der Waals surface area contributed by atoms with Crippen molar-refractivity contribution in [1.29, 1.82) is 0 Å². The number of aromatic nitrogens is 2. The molecule has 2 aromatic carbocycles. The first-order valence-electron chi connectivity index (χ1n) is 7.69. The third-order valence-electron chi connectivity index (χ3n) is 4.04. The van der Waals surface area contributed by atoms with Crippen LogP contribution in [0.5, 0.6) is 0 Å². The molecule has 0 spiro atoms. The fraction of sp³-hybridized carbons (Fsp3) is 0.222. The Balaban J connectivity index is 1.82. The van der Waals surface area contributed by atoms with E-state index >= 15 is 0 Å². The van der Waals surface area contributed by atoms with Gasteiger partial charge in [-0.2, -0.15) is 0 Å². The van der Waals surface area contributed by atoms with E-state index in [2.05, 4.69) is 33.8 Å². The summed E-state index contributed by atoms with van der Waals surface area (Å²) in [6.07, 6.45) is 1.11. The highest BCUT2D eigenvalue weighted by Gasteiger charge is 2.16. The summed E-state index contributed by atoms with van der Waals surface area (Å²) in [7, 11) is 0. The Morgan fingerprint density at radius 3 is 2.59 bits per heavy atom. The summed E-state index contributed by atoms with van der Waals surface area (Å²) < 4.78 is 0. The van der Waals surface area contributed by atoms with Crippen LogP contribution in [0.2, 0.25) is 0 Å². The minimum atomic E-state index is 0.407. The van der Waals surface area contributed by atoms with Crippen molar-refractivity contribution in [2.75, 3.05) is 18.4 Å². The van der Waals surface area contributed by atoms with Crippen LogP contribution in [0.25, 0.3) is 22.2 Å². The molecule has 4 rings (SSSR count). The lowest BCUT2D eigenvalue weighted by atomic mass is 10.1. The number of rotatable bonds is 3. The van der Waals surface area contributed by atoms with Gasteiger partial charge in [0.2, 0.25) is 5.95 Å². The predicted molar refractivity (Wildman–Crippen MR) is 89.9 cm³/mol. The largest absolute Gasteiger partial charge is 0.350 e. The summed E-state index contributed by atoms with van der Waals surface area (Å²) in [4.78, 5) is 9.46. The van der Waals surface area contributed by atoms with Crippen LogP contribution >= 0.6 is 0 Å². The van der Waals surface area contributed by atoms with Gasteiger partial charge in [0.05, 0.1) is 11.2 Å². The van der Waals surface area contributed by atoms with Crippen molar-refractivity contribution in [3.05, 3.63) is 54.6 Å². The summed E-state index contributed by atoms with van der Waals surface area (Å²) in [6.45, 7) is 2.02. The van der Waals surface area contributed by atoms with Gasteiger partial charge in [0.25, 0.3) is 0 Å². The molecule has 3 aromatic rings. The number of hydrogen-bond donors (Lipinski definition) is 2. The maximum atomic E-state index is 4.78. The summed E-state index contributed by atoms with van der Waals surface area (Å²) in [6, 6.07) is 18.9. The van der Waals surface area contributed by atoms with Crippen LogP contribution in [-0.2, 0) is 0 Å². The van der Waals surface area contributed by atoms with Gasteiger partial charge in [-0.05, 0) is 19.0 Å². The van der Waals surface area contributed by atoms with Crippen LogP contribution in [0.1, 0.15) is 6.42 Å². The summed E-state index contributed by atoms with van der Waals surface area (Å²) >= 11 is 0. The summed E-state index contributed by atoms with van der Waals surface area (Å²) in [5.74, 6) is 0.714. The lowest BCUT2D eigenvalue weighted by molar-refractivity contribution is 0.782. The number of nitrogens with zero attached hydrogens (tertiary/aromatic N) is 2. The first kappa shape index (κ1) is 13.2. The first-order chi connectivity index (χ1) is 10.9. The number of para-hydroxylation sites is 1. The molecular weight excluding hydrogens is 272 g/mol. The zero-order valence-corrected chi connectivity index (χ0v) is 12.3. The Morgan fingerprint density at radius 1 is 0.955 bits per heavy atom. The molecule has 1 atom stereocenters. The van der Waals surface area contributed by atoms with E-state index in [0.717, 1.165) is 41.7 Å². The van der Waals surface area contributed by atoms with Crippen LogP contribution < -0.4 is 10.6 Å². The monoisotopic (exact) mass is 290 g/mol. The van der Waals surface area contributed by atoms with Crippen LogP contribution in [0, 0.1) is 0 Å². The van der Waals surface area contributed by atoms with E-state index in [4.69, 9.17) is 4.98 Å². The highest BCUT2D eigenvalue weighted by molar-refractivity contribution is 5.93. The van der Waals surface area contributed by atoms with Gasteiger partial charge in [-0.15, -0.1) is 0 Å². The molecule has 0 radical (unpaired) electrons. The fourth-order valence-electron chi connectivity index (χ4n) is 2.92. The topological polar surface area (TPSA) is 49.8 Å². The van der Waals surface area contributed by atoms with Crippen LogP contribution in [0.15, 0.2) is 54.6 Å². The van der Waals surface area contributed by atoms with Crippen molar-refractivity contribution in [2.45, 2.75) is 12.5 Å².